The average molecular weight is 397 g/mol. The maximum atomic E-state index is 13.5. The zero-order chi connectivity index (χ0) is 20.5. The van der Waals surface area contributed by atoms with Gasteiger partial charge in [0.05, 0.1) is 7.11 Å². The number of alkyl halides is 6. The first kappa shape index (κ1) is 20.4. The molecular weight excluding hydrogens is 384 g/mol. The molecule has 0 bridgehead atoms. The number of halogens is 6. The van der Waals surface area contributed by atoms with E-state index < -0.39 is 35.3 Å². The number of methoxy groups -OCH3 is 1. The summed E-state index contributed by atoms with van der Waals surface area (Å²) in [5.74, 6) is -2.23. The van der Waals surface area contributed by atoms with Crippen molar-refractivity contribution in [2.75, 3.05) is 12.4 Å². The Bertz CT molecular complexity index is 784. The smallest absolute Gasteiger partial charge is 0.439 e. The normalized spacial score (nSPS) is 12.6. The first-order valence-corrected chi connectivity index (χ1v) is 7.21. The molecular formula is C15H13F6N3O3. The van der Waals surface area contributed by atoms with Gasteiger partial charge in [-0.05, 0) is 31.2 Å². The first-order valence-electron chi connectivity index (χ1n) is 7.21. The molecule has 0 atom stereocenters. The van der Waals surface area contributed by atoms with Gasteiger partial charge in [0.2, 0.25) is 0 Å². The van der Waals surface area contributed by atoms with E-state index in [1.165, 1.54) is 31.5 Å². The summed E-state index contributed by atoms with van der Waals surface area (Å²) >= 11 is 0. The number of amides is 1. The van der Waals surface area contributed by atoms with Gasteiger partial charge in [0.25, 0.3) is 5.91 Å². The number of nitrogens with one attached hydrogen (secondary N) is 2. The highest BCUT2D eigenvalue weighted by Crippen LogP contribution is 2.43. The molecule has 0 spiro atoms. The Morgan fingerprint density at radius 3 is 2.04 bits per heavy atom. The van der Waals surface area contributed by atoms with Crippen LogP contribution in [0.5, 0.6) is 5.75 Å². The van der Waals surface area contributed by atoms with Gasteiger partial charge >= 0.3 is 18.0 Å². The molecule has 6 nitrogen and oxygen atoms in total. The van der Waals surface area contributed by atoms with Gasteiger partial charge in [0.1, 0.15) is 11.5 Å². The van der Waals surface area contributed by atoms with Gasteiger partial charge < -0.3 is 19.9 Å². The van der Waals surface area contributed by atoms with E-state index in [4.69, 9.17) is 4.74 Å². The highest BCUT2D eigenvalue weighted by molar-refractivity contribution is 5.95. The fourth-order valence-corrected chi connectivity index (χ4v) is 2.08. The SMILES string of the molecule is COc1ccc(C(=O)NC(Nc2cc(C)on2)(C(F)(F)F)C(F)(F)F)cc1. The second-order valence-corrected chi connectivity index (χ2v) is 5.38. The molecule has 0 fully saturated rings. The first-order chi connectivity index (χ1) is 12.4. The van der Waals surface area contributed by atoms with Crippen molar-refractivity contribution in [2.24, 2.45) is 0 Å². The van der Waals surface area contributed by atoms with Gasteiger partial charge in [-0.15, -0.1) is 0 Å². The minimum absolute atomic E-state index is 0.0303. The minimum atomic E-state index is -5.96. The van der Waals surface area contributed by atoms with Crippen LogP contribution in [0, 0.1) is 6.92 Å². The maximum absolute atomic E-state index is 13.5. The van der Waals surface area contributed by atoms with Crippen molar-refractivity contribution in [3.05, 3.63) is 41.7 Å². The molecule has 0 aliphatic carbocycles. The third kappa shape index (κ3) is 4.09. The number of anilines is 1. The molecule has 2 N–H and O–H groups in total. The second kappa shape index (κ2) is 7.00. The third-order valence-electron chi connectivity index (χ3n) is 3.45. The second-order valence-electron chi connectivity index (χ2n) is 5.38. The number of benzene rings is 1. The van der Waals surface area contributed by atoms with Crippen LogP contribution in [0.2, 0.25) is 0 Å². The van der Waals surface area contributed by atoms with E-state index in [1.807, 2.05) is 0 Å². The van der Waals surface area contributed by atoms with Crippen LogP contribution >= 0.6 is 0 Å². The summed E-state index contributed by atoms with van der Waals surface area (Å²) in [7, 11) is 1.30. The van der Waals surface area contributed by atoms with Crippen molar-refractivity contribution in [3.63, 3.8) is 0 Å². The third-order valence-corrected chi connectivity index (χ3v) is 3.45. The van der Waals surface area contributed by atoms with E-state index in [9.17, 15) is 31.1 Å². The van der Waals surface area contributed by atoms with E-state index in [2.05, 4.69) is 9.68 Å². The average Bonchev–Trinajstić information content (AvgIpc) is 2.97. The standard InChI is InChI=1S/C15H13F6N3O3/c1-8-7-11(24-27-8)22-13(14(16,17)18,15(19,20)21)23-12(25)9-3-5-10(26-2)6-4-9/h3-7H,1-2H3,(H,22,24)(H,23,25). The molecule has 0 saturated carbocycles. The van der Waals surface area contributed by atoms with Gasteiger partial charge in [0.15, 0.2) is 5.82 Å². The van der Waals surface area contributed by atoms with Crippen LogP contribution in [-0.2, 0) is 0 Å². The lowest BCUT2D eigenvalue weighted by molar-refractivity contribution is -0.294. The molecule has 2 aromatic rings. The highest BCUT2D eigenvalue weighted by Gasteiger charge is 2.73. The van der Waals surface area contributed by atoms with Crippen LogP contribution < -0.4 is 15.4 Å². The molecule has 1 heterocycles. The Kier molecular flexibility index (Phi) is 5.29. The van der Waals surface area contributed by atoms with Crippen molar-refractivity contribution >= 4 is 11.7 Å². The molecule has 0 saturated heterocycles. The number of carbonyl (C=O) groups excluding carboxylic acids is 1. The lowest BCUT2D eigenvalue weighted by Crippen LogP contribution is -2.72. The molecule has 1 aromatic heterocycles. The zero-order valence-corrected chi connectivity index (χ0v) is 13.8. The summed E-state index contributed by atoms with van der Waals surface area (Å²) < 4.78 is 90.2. The predicted octanol–water partition coefficient (Wildman–Crippen LogP) is 3.65. The molecule has 0 aliphatic rings. The quantitative estimate of drug-likeness (QED) is 0.595. The number of hydrogen-bond donors (Lipinski definition) is 2. The van der Waals surface area contributed by atoms with Crippen LogP contribution in [0.4, 0.5) is 32.2 Å². The predicted molar refractivity (Wildman–Crippen MR) is 80.2 cm³/mol. The Balaban J connectivity index is 2.45. The molecule has 0 aliphatic heterocycles. The lowest BCUT2D eigenvalue weighted by atomic mass is 10.1. The molecule has 0 radical (unpaired) electrons. The van der Waals surface area contributed by atoms with Crippen LogP contribution in [-0.4, -0.2) is 36.2 Å². The molecule has 12 heteroatoms. The van der Waals surface area contributed by atoms with E-state index in [-0.39, 0.29) is 11.5 Å². The highest BCUT2D eigenvalue weighted by atomic mass is 19.4. The van der Waals surface area contributed by atoms with Crippen molar-refractivity contribution in [1.29, 1.82) is 0 Å². The zero-order valence-electron chi connectivity index (χ0n) is 13.8. The van der Waals surface area contributed by atoms with E-state index in [1.54, 1.807) is 0 Å². The minimum Gasteiger partial charge on any atom is -0.497 e. The number of nitrogens with zero attached hydrogens (tertiary/aromatic N) is 1. The Hall–Kier alpha value is -2.92. The summed E-state index contributed by atoms with van der Waals surface area (Å²) in [5.41, 5.74) is -5.23. The van der Waals surface area contributed by atoms with Gasteiger partial charge in [0, 0.05) is 11.6 Å². The van der Waals surface area contributed by atoms with Crippen LogP contribution in [0.15, 0.2) is 34.9 Å². The monoisotopic (exact) mass is 397 g/mol. The van der Waals surface area contributed by atoms with Crippen molar-refractivity contribution in [1.82, 2.24) is 10.5 Å². The van der Waals surface area contributed by atoms with Crippen molar-refractivity contribution < 1.29 is 40.4 Å². The van der Waals surface area contributed by atoms with Crippen molar-refractivity contribution in [3.8, 4) is 5.75 Å². The maximum Gasteiger partial charge on any atom is 0.439 e. The van der Waals surface area contributed by atoms with Crippen LogP contribution in [0.25, 0.3) is 0 Å². The molecule has 2 rings (SSSR count). The molecule has 1 amide bonds. The van der Waals surface area contributed by atoms with Gasteiger partial charge in [-0.3, -0.25) is 4.79 Å². The van der Waals surface area contributed by atoms with E-state index >= 15 is 0 Å². The van der Waals surface area contributed by atoms with Gasteiger partial charge in [-0.2, -0.15) is 26.3 Å². The summed E-state index contributed by atoms with van der Waals surface area (Å²) in [6.45, 7) is 1.27. The van der Waals surface area contributed by atoms with Crippen LogP contribution in [0.3, 0.4) is 0 Å². The largest absolute Gasteiger partial charge is 0.497 e. The number of aromatic nitrogens is 1. The summed E-state index contributed by atoms with van der Waals surface area (Å²) in [5, 5.41) is 5.28. The molecule has 0 unspecified atom stereocenters. The summed E-state index contributed by atoms with van der Waals surface area (Å²) in [6, 6.07) is 5.29. The number of rotatable bonds is 5. The number of hydrogen-bond acceptors (Lipinski definition) is 5. The number of aryl methyl sites for hydroxylation is 1. The van der Waals surface area contributed by atoms with Gasteiger partial charge in [-0.25, -0.2) is 0 Å². The Morgan fingerprint density at radius 1 is 1.07 bits per heavy atom. The lowest BCUT2D eigenvalue weighted by Gasteiger charge is -2.38. The Morgan fingerprint density at radius 2 is 1.63 bits per heavy atom. The van der Waals surface area contributed by atoms with E-state index in [0.717, 1.165) is 23.5 Å². The number of carbonyl (C=O) groups is 1. The molecule has 27 heavy (non-hydrogen) atoms. The van der Waals surface area contributed by atoms with Crippen molar-refractivity contribution in [2.45, 2.75) is 24.9 Å². The fourth-order valence-electron chi connectivity index (χ4n) is 2.08. The summed E-state index contributed by atoms with van der Waals surface area (Å²) in [6.07, 6.45) is -11.9. The molecule has 1 aromatic carbocycles. The molecule has 148 valence electrons. The van der Waals surface area contributed by atoms with Gasteiger partial charge in [-0.1, -0.05) is 5.16 Å². The summed E-state index contributed by atoms with van der Waals surface area (Å²) in [4.78, 5) is 12.1. The fraction of sp³-hybridized carbons (Fsp3) is 0.333. The topological polar surface area (TPSA) is 76.4 Å². The number of ether oxygens (including phenoxy) is 1. The Labute approximate surface area is 148 Å². The van der Waals surface area contributed by atoms with E-state index in [0.29, 0.717) is 0 Å². The van der Waals surface area contributed by atoms with Crippen LogP contribution in [0.1, 0.15) is 16.1 Å².